The molecule has 0 radical (unpaired) electrons. The van der Waals surface area contributed by atoms with E-state index in [0.29, 0.717) is 12.1 Å². The molecule has 1 fully saturated rings. The number of hydrogen-bond donors (Lipinski definition) is 1. The molecule has 1 aromatic carbocycles. The minimum Gasteiger partial charge on any atom is -0.497 e. The fraction of sp³-hybridized carbons (Fsp3) is 0.600. The summed E-state index contributed by atoms with van der Waals surface area (Å²) in [5.41, 5.74) is 7.64. The summed E-state index contributed by atoms with van der Waals surface area (Å²) in [6.07, 6.45) is 2.31. The van der Waals surface area contributed by atoms with Gasteiger partial charge in [0.2, 0.25) is 0 Å². The predicted octanol–water partition coefficient (Wildman–Crippen LogP) is 2.57. The van der Waals surface area contributed by atoms with Crippen LogP contribution in [-0.4, -0.2) is 30.6 Å². The maximum absolute atomic E-state index is 6.34. The third-order valence-electron chi connectivity index (χ3n) is 3.84. The van der Waals surface area contributed by atoms with Crippen LogP contribution in [0.25, 0.3) is 0 Å². The first kappa shape index (κ1) is 13.4. The van der Waals surface area contributed by atoms with Crippen molar-refractivity contribution in [1.29, 1.82) is 0 Å². The molecule has 0 amide bonds. The average molecular weight is 248 g/mol. The lowest BCUT2D eigenvalue weighted by molar-refractivity contribution is 0.0947. The molecule has 2 rings (SSSR count). The molecule has 2 unspecified atom stereocenters. The summed E-state index contributed by atoms with van der Waals surface area (Å²) in [4.78, 5) is 2.51. The van der Waals surface area contributed by atoms with Crippen LogP contribution in [0.4, 0.5) is 0 Å². The van der Waals surface area contributed by atoms with Gasteiger partial charge >= 0.3 is 0 Å². The molecule has 1 heterocycles. The number of piperidine rings is 1. The van der Waals surface area contributed by atoms with Crippen LogP contribution in [-0.2, 0) is 0 Å². The third-order valence-corrected chi connectivity index (χ3v) is 3.84. The number of nitrogens with two attached hydrogens (primary N) is 1. The van der Waals surface area contributed by atoms with E-state index in [-0.39, 0.29) is 6.04 Å². The van der Waals surface area contributed by atoms with E-state index in [2.05, 4.69) is 30.9 Å². The fourth-order valence-corrected chi connectivity index (χ4v) is 2.87. The van der Waals surface area contributed by atoms with Gasteiger partial charge in [0.1, 0.15) is 5.75 Å². The van der Waals surface area contributed by atoms with Crippen LogP contribution in [0.5, 0.6) is 5.75 Å². The Balaban J connectivity index is 2.25. The van der Waals surface area contributed by atoms with Gasteiger partial charge in [-0.2, -0.15) is 0 Å². The van der Waals surface area contributed by atoms with Crippen LogP contribution in [0.2, 0.25) is 0 Å². The number of ether oxygens (including phenoxy) is 1. The van der Waals surface area contributed by atoms with Crippen molar-refractivity contribution in [2.75, 3.05) is 13.7 Å². The number of likely N-dealkylation sites (tertiary alicyclic amines) is 1. The maximum atomic E-state index is 6.34. The Bertz CT molecular complexity index is 375. The second kappa shape index (κ2) is 5.72. The van der Waals surface area contributed by atoms with E-state index in [1.807, 2.05) is 12.1 Å². The van der Waals surface area contributed by atoms with E-state index in [9.17, 15) is 0 Å². The quantitative estimate of drug-likeness (QED) is 0.893. The van der Waals surface area contributed by atoms with Crippen LogP contribution in [0.3, 0.4) is 0 Å². The maximum Gasteiger partial charge on any atom is 0.118 e. The first-order valence-electron chi connectivity index (χ1n) is 6.78. The lowest BCUT2D eigenvalue weighted by atomic mass is 9.90. The number of rotatable bonds is 3. The minimum absolute atomic E-state index is 0.231. The van der Waals surface area contributed by atoms with Crippen molar-refractivity contribution in [2.45, 2.75) is 44.8 Å². The number of benzene rings is 1. The number of methoxy groups -OCH3 is 1. The highest BCUT2D eigenvalue weighted by atomic mass is 16.5. The van der Waals surface area contributed by atoms with Crippen molar-refractivity contribution < 1.29 is 4.74 Å². The van der Waals surface area contributed by atoms with Crippen LogP contribution < -0.4 is 10.5 Å². The molecule has 0 saturated carbocycles. The summed E-state index contributed by atoms with van der Waals surface area (Å²) in [5, 5.41) is 0. The zero-order valence-electron chi connectivity index (χ0n) is 11.6. The molecule has 2 N–H and O–H groups in total. The van der Waals surface area contributed by atoms with E-state index in [4.69, 9.17) is 10.5 Å². The molecule has 0 aliphatic carbocycles. The van der Waals surface area contributed by atoms with Crippen molar-refractivity contribution >= 4 is 0 Å². The van der Waals surface area contributed by atoms with Gasteiger partial charge in [-0.15, -0.1) is 0 Å². The lowest BCUT2D eigenvalue weighted by Crippen LogP contribution is -2.48. The highest BCUT2D eigenvalue weighted by Crippen LogP contribution is 2.32. The van der Waals surface area contributed by atoms with Gasteiger partial charge in [-0.3, -0.25) is 4.90 Å². The monoisotopic (exact) mass is 248 g/mol. The molecule has 1 aliphatic heterocycles. The molecule has 1 aromatic rings. The van der Waals surface area contributed by atoms with Gasteiger partial charge in [0, 0.05) is 12.1 Å². The highest BCUT2D eigenvalue weighted by Gasteiger charge is 2.31. The zero-order chi connectivity index (χ0) is 13.1. The molecule has 0 spiro atoms. The molecule has 0 bridgehead atoms. The third kappa shape index (κ3) is 2.68. The summed E-state index contributed by atoms with van der Waals surface area (Å²) in [7, 11) is 1.70. The van der Waals surface area contributed by atoms with Crippen LogP contribution in [0, 0.1) is 0 Å². The Morgan fingerprint density at radius 2 is 1.94 bits per heavy atom. The van der Waals surface area contributed by atoms with Crippen molar-refractivity contribution in [3.05, 3.63) is 29.8 Å². The zero-order valence-corrected chi connectivity index (χ0v) is 11.6. The number of hydrogen-bond acceptors (Lipinski definition) is 3. The fourth-order valence-electron chi connectivity index (χ4n) is 2.87. The largest absolute Gasteiger partial charge is 0.497 e. The second-order valence-corrected chi connectivity index (χ2v) is 5.36. The summed E-state index contributed by atoms with van der Waals surface area (Å²) < 4.78 is 5.21. The molecular weight excluding hydrogens is 224 g/mol. The highest BCUT2D eigenvalue weighted by molar-refractivity contribution is 5.30. The molecule has 3 nitrogen and oxygen atoms in total. The van der Waals surface area contributed by atoms with Crippen LogP contribution in [0.15, 0.2) is 24.3 Å². The Hall–Kier alpha value is -1.06. The molecular formula is C15H24N2O. The summed E-state index contributed by atoms with van der Waals surface area (Å²) >= 11 is 0. The Morgan fingerprint density at radius 3 is 2.50 bits per heavy atom. The summed E-state index contributed by atoms with van der Waals surface area (Å²) in [6.45, 7) is 5.63. The molecule has 0 aromatic heterocycles. The first-order chi connectivity index (χ1) is 8.63. The van der Waals surface area contributed by atoms with Crippen molar-refractivity contribution in [3.63, 3.8) is 0 Å². The van der Waals surface area contributed by atoms with Crippen LogP contribution in [0.1, 0.15) is 38.3 Å². The van der Waals surface area contributed by atoms with E-state index < -0.39 is 0 Å². The predicted molar refractivity (Wildman–Crippen MR) is 74.8 cm³/mol. The molecule has 2 atom stereocenters. The topological polar surface area (TPSA) is 38.5 Å². The summed E-state index contributed by atoms with van der Waals surface area (Å²) in [5.74, 6) is 0.902. The molecule has 100 valence electrons. The Morgan fingerprint density at radius 1 is 1.28 bits per heavy atom. The average Bonchev–Trinajstić information content (AvgIpc) is 2.38. The van der Waals surface area contributed by atoms with Crippen LogP contribution >= 0.6 is 0 Å². The van der Waals surface area contributed by atoms with Gasteiger partial charge in [-0.05, 0) is 50.9 Å². The van der Waals surface area contributed by atoms with Gasteiger partial charge in [0.15, 0.2) is 0 Å². The standard InChI is InChI=1S/C15H24N2O/c1-11(2)17-10-4-5-14(16)15(17)12-6-8-13(18-3)9-7-12/h6-9,11,14-15H,4-5,10,16H2,1-3H3. The van der Waals surface area contributed by atoms with Gasteiger partial charge in [-0.25, -0.2) is 0 Å². The van der Waals surface area contributed by atoms with Gasteiger partial charge in [0.05, 0.1) is 13.2 Å². The van der Waals surface area contributed by atoms with Crippen molar-refractivity contribution in [3.8, 4) is 5.75 Å². The Labute approximate surface area is 110 Å². The Kier molecular flexibility index (Phi) is 4.25. The smallest absolute Gasteiger partial charge is 0.118 e. The summed E-state index contributed by atoms with van der Waals surface area (Å²) in [6, 6.07) is 9.43. The van der Waals surface area contributed by atoms with E-state index in [0.717, 1.165) is 18.7 Å². The number of nitrogens with zero attached hydrogens (tertiary/aromatic N) is 1. The first-order valence-corrected chi connectivity index (χ1v) is 6.78. The van der Waals surface area contributed by atoms with E-state index in [1.54, 1.807) is 7.11 Å². The molecule has 1 aliphatic rings. The van der Waals surface area contributed by atoms with E-state index >= 15 is 0 Å². The molecule has 18 heavy (non-hydrogen) atoms. The molecule has 3 heteroatoms. The molecule has 1 saturated heterocycles. The van der Waals surface area contributed by atoms with E-state index in [1.165, 1.54) is 12.0 Å². The van der Waals surface area contributed by atoms with Crippen molar-refractivity contribution in [2.24, 2.45) is 5.73 Å². The normalized spacial score (nSPS) is 25.4. The van der Waals surface area contributed by atoms with Gasteiger partial charge in [-0.1, -0.05) is 12.1 Å². The van der Waals surface area contributed by atoms with Gasteiger partial charge in [0.25, 0.3) is 0 Å². The SMILES string of the molecule is COc1ccc(C2C(N)CCCN2C(C)C)cc1. The van der Waals surface area contributed by atoms with Gasteiger partial charge < -0.3 is 10.5 Å². The lowest BCUT2D eigenvalue weighted by Gasteiger charge is -2.42. The second-order valence-electron chi connectivity index (χ2n) is 5.36. The minimum atomic E-state index is 0.231. The van der Waals surface area contributed by atoms with Crippen molar-refractivity contribution in [1.82, 2.24) is 4.90 Å².